The number of ether oxygens (including phenoxy) is 1. The van der Waals surface area contributed by atoms with Gasteiger partial charge in [-0.3, -0.25) is 4.79 Å². The zero-order valence-corrected chi connectivity index (χ0v) is 18.1. The maximum Gasteiger partial charge on any atom is 0.265 e. The lowest BCUT2D eigenvalue weighted by molar-refractivity contribution is -0.122. The highest BCUT2D eigenvalue weighted by Gasteiger charge is 2.19. The number of furan rings is 1. The van der Waals surface area contributed by atoms with E-state index in [9.17, 15) is 13.2 Å². The average Bonchev–Trinajstić information content (AvgIpc) is 3.22. The monoisotopic (exact) mass is 468 g/mol. The van der Waals surface area contributed by atoms with Crippen molar-refractivity contribution in [2.45, 2.75) is 24.5 Å². The van der Waals surface area contributed by atoms with E-state index in [1.54, 1.807) is 37.3 Å². The SMILES string of the molecule is CC(Oc1ccc(Cl)cc1Cl)C(=O)Nc1cccc(S(=O)(=O)NCc2ccco2)c1. The third-order valence-corrected chi connectivity index (χ3v) is 5.92. The fourth-order valence-electron chi connectivity index (χ4n) is 2.46. The van der Waals surface area contributed by atoms with Gasteiger partial charge in [-0.2, -0.15) is 0 Å². The Morgan fingerprint density at radius 2 is 1.93 bits per heavy atom. The van der Waals surface area contributed by atoms with E-state index in [-0.39, 0.29) is 16.5 Å². The number of carbonyl (C=O) groups excluding carboxylic acids is 1. The standard InChI is InChI=1S/C20H18Cl2N2O5S/c1-13(29-19-8-7-14(21)10-18(19)22)20(25)24-15-4-2-6-17(11-15)30(26,27)23-12-16-5-3-9-28-16/h2-11,13,23H,12H2,1H3,(H,24,25). The van der Waals surface area contributed by atoms with E-state index >= 15 is 0 Å². The second-order valence-electron chi connectivity index (χ2n) is 6.26. The van der Waals surface area contributed by atoms with E-state index in [0.29, 0.717) is 22.2 Å². The van der Waals surface area contributed by atoms with Crippen molar-refractivity contribution in [2.75, 3.05) is 5.32 Å². The predicted molar refractivity (Wildman–Crippen MR) is 114 cm³/mol. The van der Waals surface area contributed by atoms with Gasteiger partial charge in [-0.25, -0.2) is 13.1 Å². The molecule has 158 valence electrons. The molecule has 30 heavy (non-hydrogen) atoms. The summed E-state index contributed by atoms with van der Waals surface area (Å²) in [6.07, 6.45) is 0.571. The summed E-state index contributed by atoms with van der Waals surface area (Å²) in [5.74, 6) is 0.316. The zero-order chi connectivity index (χ0) is 21.7. The minimum atomic E-state index is -3.80. The Balaban J connectivity index is 1.65. The Bertz CT molecular complexity index is 1130. The second kappa shape index (κ2) is 9.53. The lowest BCUT2D eigenvalue weighted by Gasteiger charge is -2.16. The van der Waals surface area contributed by atoms with Gasteiger partial charge >= 0.3 is 0 Å². The molecule has 0 aliphatic rings. The average molecular weight is 469 g/mol. The number of anilines is 1. The van der Waals surface area contributed by atoms with Crippen molar-refractivity contribution in [3.63, 3.8) is 0 Å². The van der Waals surface area contributed by atoms with E-state index in [1.165, 1.54) is 30.5 Å². The van der Waals surface area contributed by atoms with Crippen LogP contribution in [-0.4, -0.2) is 20.4 Å². The number of amides is 1. The first-order chi connectivity index (χ1) is 14.2. The van der Waals surface area contributed by atoms with Crippen LogP contribution in [0.15, 0.2) is 70.2 Å². The Morgan fingerprint density at radius 3 is 2.63 bits per heavy atom. The highest BCUT2D eigenvalue weighted by atomic mass is 35.5. The van der Waals surface area contributed by atoms with Crippen LogP contribution in [0.3, 0.4) is 0 Å². The van der Waals surface area contributed by atoms with Crippen LogP contribution in [0.5, 0.6) is 5.75 Å². The molecule has 1 amide bonds. The summed E-state index contributed by atoms with van der Waals surface area (Å²) in [5, 5.41) is 3.35. The van der Waals surface area contributed by atoms with E-state index < -0.39 is 22.0 Å². The lowest BCUT2D eigenvalue weighted by Crippen LogP contribution is -2.30. The maximum atomic E-state index is 12.5. The van der Waals surface area contributed by atoms with Crippen LogP contribution >= 0.6 is 23.2 Å². The van der Waals surface area contributed by atoms with Crippen molar-refractivity contribution in [1.82, 2.24) is 4.72 Å². The number of nitrogens with one attached hydrogen (secondary N) is 2. The van der Waals surface area contributed by atoms with Crippen molar-refractivity contribution in [2.24, 2.45) is 0 Å². The first kappa shape index (κ1) is 22.2. The minimum Gasteiger partial charge on any atom is -0.479 e. The number of halogens is 2. The number of hydrogen-bond donors (Lipinski definition) is 2. The number of hydrogen-bond acceptors (Lipinski definition) is 5. The van der Waals surface area contributed by atoms with Crippen LogP contribution in [-0.2, 0) is 21.4 Å². The molecule has 0 aliphatic carbocycles. The molecule has 7 nitrogen and oxygen atoms in total. The molecule has 1 aromatic heterocycles. The Kier molecular flexibility index (Phi) is 7.04. The van der Waals surface area contributed by atoms with Crippen LogP contribution in [0, 0.1) is 0 Å². The molecule has 0 saturated carbocycles. The first-order valence-corrected chi connectivity index (χ1v) is 11.0. The number of carbonyl (C=O) groups is 1. The summed E-state index contributed by atoms with van der Waals surface area (Å²) < 4.78 is 38.1. The van der Waals surface area contributed by atoms with Gasteiger partial charge in [0.2, 0.25) is 10.0 Å². The van der Waals surface area contributed by atoms with Gasteiger partial charge in [0.15, 0.2) is 6.10 Å². The third-order valence-electron chi connectivity index (χ3n) is 4.00. The summed E-state index contributed by atoms with van der Waals surface area (Å²) in [4.78, 5) is 12.5. The van der Waals surface area contributed by atoms with Gasteiger partial charge in [0.25, 0.3) is 5.91 Å². The molecule has 3 aromatic rings. The van der Waals surface area contributed by atoms with Gasteiger partial charge in [0, 0.05) is 10.7 Å². The maximum absolute atomic E-state index is 12.5. The molecule has 2 aromatic carbocycles. The molecular formula is C20H18Cl2N2O5S. The van der Waals surface area contributed by atoms with Gasteiger partial charge in [-0.1, -0.05) is 29.3 Å². The molecule has 0 spiro atoms. The smallest absolute Gasteiger partial charge is 0.265 e. The predicted octanol–water partition coefficient (Wildman–Crippen LogP) is 4.47. The summed E-state index contributed by atoms with van der Waals surface area (Å²) in [6, 6.07) is 13.9. The molecule has 0 fully saturated rings. The van der Waals surface area contributed by atoms with E-state index in [2.05, 4.69) is 10.0 Å². The molecule has 0 bridgehead atoms. The summed E-state index contributed by atoms with van der Waals surface area (Å²) in [5.41, 5.74) is 0.304. The highest BCUT2D eigenvalue weighted by molar-refractivity contribution is 7.89. The molecule has 0 aliphatic heterocycles. The normalized spacial score (nSPS) is 12.4. The number of rotatable bonds is 8. The fraction of sp³-hybridized carbons (Fsp3) is 0.150. The van der Waals surface area contributed by atoms with Gasteiger partial charge in [-0.05, 0) is 55.5 Å². The van der Waals surface area contributed by atoms with Gasteiger partial charge < -0.3 is 14.5 Å². The largest absolute Gasteiger partial charge is 0.479 e. The van der Waals surface area contributed by atoms with Crippen LogP contribution in [0.4, 0.5) is 5.69 Å². The van der Waals surface area contributed by atoms with Crippen molar-refractivity contribution in [1.29, 1.82) is 0 Å². The van der Waals surface area contributed by atoms with Gasteiger partial charge in [-0.15, -0.1) is 0 Å². The number of sulfonamides is 1. The lowest BCUT2D eigenvalue weighted by atomic mass is 10.3. The van der Waals surface area contributed by atoms with E-state index in [1.807, 2.05) is 0 Å². The summed E-state index contributed by atoms with van der Waals surface area (Å²) in [6.45, 7) is 1.56. The van der Waals surface area contributed by atoms with Crippen LogP contribution in [0.25, 0.3) is 0 Å². The Hall–Kier alpha value is -2.52. The molecular weight excluding hydrogens is 451 g/mol. The molecule has 0 radical (unpaired) electrons. The first-order valence-electron chi connectivity index (χ1n) is 8.79. The van der Waals surface area contributed by atoms with Crippen molar-refractivity contribution in [3.8, 4) is 5.75 Å². The van der Waals surface area contributed by atoms with E-state index in [0.717, 1.165) is 0 Å². The molecule has 1 heterocycles. The summed E-state index contributed by atoms with van der Waals surface area (Å²) in [7, 11) is -3.80. The molecule has 1 atom stereocenters. The molecule has 10 heteroatoms. The number of benzene rings is 2. The quantitative estimate of drug-likeness (QED) is 0.508. The summed E-state index contributed by atoms with van der Waals surface area (Å²) >= 11 is 11.9. The highest BCUT2D eigenvalue weighted by Crippen LogP contribution is 2.28. The molecule has 1 unspecified atom stereocenters. The van der Waals surface area contributed by atoms with Crippen molar-refractivity contribution in [3.05, 3.63) is 76.7 Å². The topological polar surface area (TPSA) is 97.6 Å². The fourth-order valence-corrected chi connectivity index (χ4v) is 3.95. The Morgan fingerprint density at radius 1 is 1.13 bits per heavy atom. The van der Waals surface area contributed by atoms with Crippen molar-refractivity contribution < 1.29 is 22.4 Å². The van der Waals surface area contributed by atoms with Crippen molar-refractivity contribution >= 4 is 44.8 Å². The zero-order valence-electron chi connectivity index (χ0n) is 15.8. The van der Waals surface area contributed by atoms with E-state index in [4.69, 9.17) is 32.4 Å². The third kappa shape index (κ3) is 5.76. The van der Waals surface area contributed by atoms with Gasteiger partial charge in [0.1, 0.15) is 11.5 Å². The minimum absolute atomic E-state index is 0.00109. The van der Waals surface area contributed by atoms with Crippen LogP contribution < -0.4 is 14.8 Å². The molecule has 0 saturated heterocycles. The molecule has 3 rings (SSSR count). The molecule has 2 N–H and O–H groups in total. The van der Waals surface area contributed by atoms with Gasteiger partial charge in [0.05, 0.1) is 22.7 Å². The van der Waals surface area contributed by atoms with Crippen LogP contribution in [0.2, 0.25) is 10.0 Å². The van der Waals surface area contributed by atoms with Crippen LogP contribution in [0.1, 0.15) is 12.7 Å². The Labute approximate surface area is 184 Å². The second-order valence-corrected chi connectivity index (χ2v) is 8.87.